The predicted octanol–water partition coefficient (Wildman–Crippen LogP) is 4.04. The van der Waals surface area contributed by atoms with Crippen molar-refractivity contribution < 1.29 is 19.6 Å². The summed E-state index contributed by atoms with van der Waals surface area (Å²) in [6.45, 7) is 15.7. The molecule has 0 aliphatic rings. The van der Waals surface area contributed by atoms with Crippen LogP contribution >= 0.6 is 0 Å². The molecule has 0 amide bonds. The topological polar surface area (TPSA) is 36.9 Å². The summed E-state index contributed by atoms with van der Waals surface area (Å²) in [6.07, 6.45) is 1.56. The Morgan fingerprint density at radius 3 is 1.67 bits per heavy atom. The van der Waals surface area contributed by atoms with Crippen LogP contribution in [0.25, 0.3) is 0 Å². The summed E-state index contributed by atoms with van der Waals surface area (Å²) in [6, 6.07) is 0. The molecule has 0 bridgehead atoms. The molecule has 110 valence electrons. The molecule has 4 heteroatoms. The summed E-state index contributed by atoms with van der Waals surface area (Å²) in [5.41, 5.74) is -0.646. The fourth-order valence-electron chi connectivity index (χ4n) is 1.13. The van der Waals surface area contributed by atoms with Crippen LogP contribution in [-0.4, -0.2) is 23.4 Å². The average Bonchev–Trinajstić information content (AvgIpc) is 2.18. The fraction of sp³-hybridized carbons (Fsp3) is 1.00. The van der Waals surface area contributed by atoms with Crippen molar-refractivity contribution in [2.75, 3.05) is 0 Å². The van der Waals surface area contributed by atoms with Crippen LogP contribution in [0.5, 0.6) is 0 Å². The van der Waals surface area contributed by atoms with Crippen molar-refractivity contribution in [2.24, 2.45) is 0 Å². The minimum atomic E-state index is -0.324. The first-order chi connectivity index (χ1) is 8.05. The Morgan fingerprint density at radius 2 is 1.28 bits per heavy atom. The van der Waals surface area contributed by atoms with Gasteiger partial charge in [-0.1, -0.05) is 13.3 Å². The molecule has 2 unspecified atom stereocenters. The minimum absolute atomic E-state index is 0.128. The molecule has 0 N–H and O–H groups in total. The Bertz CT molecular complexity index is 215. The zero-order valence-electron chi connectivity index (χ0n) is 13.2. The average molecular weight is 262 g/mol. The molecule has 0 rings (SSSR count). The maximum absolute atomic E-state index is 5.47. The summed E-state index contributed by atoms with van der Waals surface area (Å²) in [7, 11) is 0. The van der Waals surface area contributed by atoms with Crippen LogP contribution in [0.2, 0.25) is 0 Å². The molecule has 0 aromatic carbocycles. The molecule has 0 heterocycles. The second kappa shape index (κ2) is 7.43. The highest BCUT2D eigenvalue weighted by Gasteiger charge is 2.25. The van der Waals surface area contributed by atoms with Gasteiger partial charge < -0.3 is 0 Å². The van der Waals surface area contributed by atoms with Crippen molar-refractivity contribution in [3.8, 4) is 0 Å². The molecule has 0 saturated heterocycles. The fourth-order valence-corrected chi connectivity index (χ4v) is 1.13. The second-order valence-corrected chi connectivity index (χ2v) is 6.62. The Kier molecular flexibility index (Phi) is 7.37. The first-order valence-corrected chi connectivity index (χ1v) is 6.74. The van der Waals surface area contributed by atoms with E-state index in [1.54, 1.807) is 0 Å². The monoisotopic (exact) mass is 262 g/mol. The van der Waals surface area contributed by atoms with Crippen LogP contribution in [0.15, 0.2) is 0 Å². The van der Waals surface area contributed by atoms with E-state index in [9.17, 15) is 0 Å². The van der Waals surface area contributed by atoms with E-state index < -0.39 is 0 Å². The maximum Gasteiger partial charge on any atom is 0.122 e. The lowest BCUT2D eigenvalue weighted by molar-refractivity contribution is -0.428. The van der Waals surface area contributed by atoms with E-state index >= 15 is 0 Å². The SMILES string of the molecule is CCCC(OOC(C)(C)C)C(C)OOC(C)(C)C. The standard InChI is InChI=1S/C14H30O4/c1-9-10-12(16-18-14(6,7)8)11(2)15-17-13(3,4)5/h11-12H,9-10H2,1-8H3. The van der Waals surface area contributed by atoms with Gasteiger partial charge in [0.05, 0.1) is 11.2 Å². The van der Waals surface area contributed by atoms with Gasteiger partial charge in [0.15, 0.2) is 0 Å². The number of hydrogen-bond acceptors (Lipinski definition) is 4. The zero-order valence-corrected chi connectivity index (χ0v) is 13.2. The molecular formula is C14H30O4. The van der Waals surface area contributed by atoms with Crippen LogP contribution in [0.1, 0.15) is 68.2 Å². The Balaban J connectivity index is 4.22. The van der Waals surface area contributed by atoms with Crippen LogP contribution < -0.4 is 0 Å². The molecule has 0 fully saturated rings. The Hall–Kier alpha value is -0.160. The maximum atomic E-state index is 5.47. The van der Waals surface area contributed by atoms with Gasteiger partial charge in [0.1, 0.15) is 12.2 Å². The van der Waals surface area contributed by atoms with Gasteiger partial charge >= 0.3 is 0 Å². The molecule has 0 radical (unpaired) electrons. The van der Waals surface area contributed by atoms with Crippen LogP contribution in [0.3, 0.4) is 0 Å². The van der Waals surface area contributed by atoms with Crippen molar-refractivity contribution in [2.45, 2.75) is 91.6 Å². The summed E-state index contributed by atoms with van der Waals surface area (Å²) < 4.78 is 0. The third-order valence-electron chi connectivity index (χ3n) is 1.97. The van der Waals surface area contributed by atoms with Gasteiger partial charge in [-0.15, -0.1) is 0 Å². The molecule has 0 aromatic heterocycles. The molecule has 0 aromatic rings. The number of rotatable bonds is 7. The van der Waals surface area contributed by atoms with E-state index in [2.05, 4.69) is 6.92 Å². The third-order valence-corrected chi connectivity index (χ3v) is 1.97. The molecular weight excluding hydrogens is 232 g/mol. The quantitative estimate of drug-likeness (QED) is 0.512. The van der Waals surface area contributed by atoms with E-state index in [1.165, 1.54) is 0 Å². The third kappa shape index (κ3) is 9.83. The molecule has 0 aliphatic carbocycles. The largest absolute Gasteiger partial charge is 0.231 e. The van der Waals surface area contributed by atoms with Gasteiger partial charge in [0.25, 0.3) is 0 Å². The van der Waals surface area contributed by atoms with Gasteiger partial charge in [0, 0.05) is 0 Å². The molecule has 0 aliphatic heterocycles. The van der Waals surface area contributed by atoms with Crippen LogP contribution in [0.4, 0.5) is 0 Å². The zero-order chi connectivity index (χ0) is 14.4. The van der Waals surface area contributed by atoms with Crippen molar-refractivity contribution in [1.29, 1.82) is 0 Å². The Morgan fingerprint density at radius 1 is 0.833 bits per heavy atom. The number of hydrogen-bond donors (Lipinski definition) is 0. The van der Waals surface area contributed by atoms with E-state index in [0.717, 1.165) is 12.8 Å². The first-order valence-electron chi connectivity index (χ1n) is 6.74. The molecule has 0 saturated carbocycles. The lowest BCUT2D eigenvalue weighted by Gasteiger charge is -2.28. The highest BCUT2D eigenvalue weighted by Crippen LogP contribution is 2.18. The van der Waals surface area contributed by atoms with E-state index in [1.807, 2.05) is 48.5 Å². The normalized spacial score (nSPS) is 16.7. The lowest BCUT2D eigenvalue weighted by Crippen LogP contribution is -2.34. The van der Waals surface area contributed by atoms with E-state index in [0.29, 0.717) is 0 Å². The Labute approximate surface area is 112 Å². The van der Waals surface area contributed by atoms with Gasteiger partial charge in [0.2, 0.25) is 0 Å². The minimum Gasteiger partial charge on any atom is -0.231 e. The molecule has 4 nitrogen and oxygen atoms in total. The first kappa shape index (κ1) is 17.8. The van der Waals surface area contributed by atoms with Crippen molar-refractivity contribution >= 4 is 0 Å². The van der Waals surface area contributed by atoms with Crippen molar-refractivity contribution in [3.63, 3.8) is 0 Å². The second-order valence-electron chi connectivity index (χ2n) is 6.62. The van der Waals surface area contributed by atoms with Crippen LogP contribution in [0, 0.1) is 0 Å². The summed E-state index contributed by atoms with van der Waals surface area (Å²) in [4.78, 5) is 21.5. The summed E-state index contributed by atoms with van der Waals surface area (Å²) >= 11 is 0. The smallest absolute Gasteiger partial charge is 0.122 e. The highest BCUT2D eigenvalue weighted by atomic mass is 17.2. The highest BCUT2D eigenvalue weighted by molar-refractivity contribution is 4.65. The predicted molar refractivity (Wildman–Crippen MR) is 72.0 cm³/mol. The summed E-state index contributed by atoms with van der Waals surface area (Å²) in [5.74, 6) is 0. The van der Waals surface area contributed by atoms with Crippen molar-refractivity contribution in [3.05, 3.63) is 0 Å². The van der Waals surface area contributed by atoms with Gasteiger partial charge in [-0.05, 0) is 54.9 Å². The molecule has 2 atom stereocenters. The molecule has 0 spiro atoms. The summed E-state index contributed by atoms with van der Waals surface area (Å²) in [5, 5.41) is 0. The van der Waals surface area contributed by atoms with Gasteiger partial charge in [-0.2, -0.15) is 0 Å². The van der Waals surface area contributed by atoms with Crippen molar-refractivity contribution in [1.82, 2.24) is 0 Å². The lowest BCUT2D eigenvalue weighted by atomic mass is 10.1. The van der Waals surface area contributed by atoms with E-state index in [4.69, 9.17) is 19.6 Å². The van der Waals surface area contributed by atoms with Crippen LogP contribution in [-0.2, 0) is 19.6 Å². The van der Waals surface area contributed by atoms with Gasteiger partial charge in [-0.3, -0.25) is 0 Å². The van der Waals surface area contributed by atoms with Gasteiger partial charge in [-0.25, -0.2) is 19.6 Å². The van der Waals surface area contributed by atoms with E-state index in [-0.39, 0.29) is 23.4 Å². The molecule has 18 heavy (non-hydrogen) atoms.